The van der Waals surface area contributed by atoms with Gasteiger partial charge in [0.2, 0.25) is 0 Å². The maximum Gasteiger partial charge on any atom is 0.317 e. The molecule has 1 atom stereocenters. The fraction of sp³-hybridized carbons (Fsp3) is 0.500. The summed E-state index contributed by atoms with van der Waals surface area (Å²) in [4.78, 5) is 14.2. The van der Waals surface area contributed by atoms with Gasteiger partial charge in [-0.15, -0.1) is 10.2 Å². The number of aryl methyl sites for hydroxylation is 1. The molecule has 0 bridgehead atoms. The first-order chi connectivity index (χ1) is 11.8. The van der Waals surface area contributed by atoms with Crippen molar-refractivity contribution in [2.24, 2.45) is 5.92 Å². The van der Waals surface area contributed by atoms with E-state index in [4.69, 9.17) is 0 Å². The molecule has 3 rings (SSSR count). The first kappa shape index (κ1) is 16.5. The van der Waals surface area contributed by atoms with Crippen LogP contribution in [0.15, 0.2) is 36.7 Å². The van der Waals surface area contributed by atoms with Crippen LogP contribution in [0.2, 0.25) is 0 Å². The molecule has 0 saturated carbocycles. The van der Waals surface area contributed by atoms with Crippen LogP contribution in [0, 0.1) is 5.92 Å². The Bertz CT molecular complexity index is 654. The molecule has 1 N–H and O–H groups in total. The van der Waals surface area contributed by atoms with Crippen LogP contribution in [0.4, 0.5) is 4.79 Å². The number of benzene rings is 1. The van der Waals surface area contributed by atoms with Crippen molar-refractivity contribution in [3.63, 3.8) is 0 Å². The lowest BCUT2D eigenvalue weighted by Crippen LogP contribution is -2.39. The van der Waals surface area contributed by atoms with Crippen molar-refractivity contribution in [3.05, 3.63) is 48.0 Å². The van der Waals surface area contributed by atoms with E-state index in [0.717, 1.165) is 44.7 Å². The smallest absolute Gasteiger partial charge is 0.317 e. The van der Waals surface area contributed by atoms with Crippen LogP contribution < -0.4 is 5.32 Å². The summed E-state index contributed by atoms with van der Waals surface area (Å²) >= 11 is 0. The predicted octanol–water partition coefficient (Wildman–Crippen LogP) is 2.11. The molecule has 0 radical (unpaired) electrons. The SMILES string of the molecule is CCn1cnnc1CC1CCN(C(=O)NCCc2ccccc2)C1. The number of rotatable bonds is 6. The Hall–Kier alpha value is -2.37. The van der Waals surface area contributed by atoms with E-state index >= 15 is 0 Å². The molecule has 1 aromatic heterocycles. The van der Waals surface area contributed by atoms with Crippen molar-refractivity contribution in [1.29, 1.82) is 0 Å². The molecule has 2 aromatic rings. The van der Waals surface area contributed by atoms with Crippen LogP contribution in [-0.2, 0) is 19.4 Å². The molecule has 1 aromatic carbocycles. The van der Waals surface area contributed by atoms with E-state index in [1.54, 1.807) is 6.33 Å². The summed E-state index contributed by atoms with van der Waals surface area (Å²) in [6.45, 7) is 5.27. The van der Waals surface area contributed by atoms with Crippen molar-refractivity contribution in [2.45, 2.75) is 32.7 Å². The van der Waals surface area contributed by atoms with E-state index in [2.05, 4.69) is 39.1 Å². The molecule has 0 aliphatic carbocycles. The molecule has 6 nitrogen and oxygen atoms in total. The van der Waals surface area contributed by atoms with Gasteiger partial charge in [0, 0.05) is 32.6 Å². The molecule has 24 heavy (non-hydrogen) atoms. The highest BCUT2D eigenvalue weighted by molar-refractivity contribution is 5.74. The van der Waals surface area contributed by atoms with Gasteiger partial charge in [0.1, 0.15) is 12.2 Å². The van der Waals surface area contributed by atoms with Crippen LogP contribution in [0.3, 0.4) is 0 Å². The first-order valence-electron chi connectivity index (χ1n) is 8.69. The Labute approximate surface area is 142 Å². The monoisotopic (exact) mass is 327 g/mol. The van der Waals surface area contributed by atoms with Crippen LogP contribution in [0.5, 0.6) is 0 Å². The number of carbonyl (C=O) groups is 1. The van der Waals surface area contributed by atoms with Crippen molar-refractivity contribution in [3.8, 4) is 0 Å². The molecule has 1 fully saturated rings. The lowest BCUT2D eigenvalue weighted by atomic mass is 10.0. The number of aromatic nitrogens is 3. The van der Waals surface area contributed by atoms with Gasteiger partial charge in [-0.05, 0) is 31.2 Å². The average Bonchev–Trinajstić information content (AvgIpc) is 3.25. The fourth-order valence-electron chi connectivity index (χ4n) is 3.21. The van der Waals surface area contributed by atoms with Crippen molar-refractivity contribution in [1.82, 2.24) is 25.0 Å². The largest absolute Gasteiger partial charge is 0.338 e. The summed E-state index contributed by atoms with van der Waals surface area (Å²) in [6, 6.07) is 10.3. The third-order valence-corrected chi connectivity index (χ3v) is 4.61. The second-order valence-corrected chi connectivity index (χ2v) is 6.31. The maximum atomic E-state index is 12.3. The highest BCUT2D eigenvalue weighted by atomic mass is 16.2. The average molecular weight is 327 g/mol. The normalized spacial score (nSPS) is 17.2. The molecule has 6 heteroatoms. The number of nitrogens with one attached hydrogen (secondary N) is 1. The van der Waals surface area contributed by atoms with Crippen molar-refractivity contribution >= 4 is 6.03 Å². The fourth-order valence-corrected chi connectivity index (χ4v) is 3.21. The third kappa shape index (κ3) is 4.13. The molecule has 1 aliphatic heterocycles. The Morgan fingerprint density at radius 3 is 2.96 bits per heavy atom. The number of hydrogen-bond donors (Lipinski definition) is 1. The van der Waals surface area contributed by atoms with Gasteiger partial charge in [0.05, 0.1) is 0 Å². The van der Waals surface area contributed by atoms with E-state index in [9.17, 15) is 4.79 Å². The van der Waals surface area contributed by atoms with Gasteiger partial charge in [-0.2, -0.15) is 0 Å². The van der Waals surface area contributed by atoms with E-state index < -0.39 is 0 Å². The van der Waals surface area contributed by atoms with Gasteiger partial charge in [-0.1, -0.05) is 30.3 Å². The minimum Gasteiger partial charge on any atom is -0.338 e. The minimum atomic E-state index is 0.0467. The lowest BCUT2D eigenvalue weighted by molar-refractivity contribution is 0.207. The third-order valence-electron chi connectivity index (χ3n) is 4.61. The van der Waals surface area contributed by atoms with E-state index in [0.29, 0.717) is 12.5 Å². The summed E-state index contributed by atoms with van der Waals surface area (Å²) in [5, 5.41) is 11.2. The summed E-state index contributed by atoms with van der Waals surface area (Å²) in [5.41, 5.74) is 1.25. The highest BCUT2D eigenvalue weighted by Crippen LogP contribution is 2.20. The summed E-state index contributed by atoms with van der Waals surface area (Å²) in [5.74, 6) is 1.49. The summed E-state index contributed by atoms with van der Waals surface area (Å²) in [6.07, 6.45) is 4.56. The van der Waals surface area contributed by atoms with Gasteiger partial charge in [-0.3, -0.25) is 0 Å². The zero-order valence-corrected chi connectivity index (χ0v) is 14.2. The second-order valence-electron chi connectivity index (χ2n) is 6.31. The van der Waals surface area contributed by atoms with Crippen LogP contribution >= 0.6 is 0 Å². The van der Waals surface area contributed by atoms with Gasteiger partial charge < -0.3 is 14.8 Å². The maximum absolute atomic E-state index is 12.3. The minimum absolute atomic E-state index is 0.0467. The van der Waals surface area contributed by atoms with Gasteiger partial charge in [0.25, 0.3) is 0 Å². The van der Waals surface area contributed by atoms with E-state index in [-0.39, 0.29) is 6.03 Å². The summed E-state index contributed by atoms with van der Waals surface area (Å²) in [7, 11) is 0. The van der Waals surface area contributed by atoms with Crippen molar-refractivity contribution < 1.29 is 4.79 Å². The van der Waals surface area contributed by atoms with E-state index in [1.807, 2.05) is 23.1 Å². The first-order valence-corrected chi connectivity index (χ1v) is 8.69. The Morgan fingerprint density at radius 2 is 2.17 bits per heavy atom. The Balaban J connectivity index is 1.42. The second kappa shape index (κ2) is 7.95. The van der Waals surface area contributed by atoms with E-state index in [1.165, 1.54) is 5.56 Å². The zero-order chi connectivity index (χ0) is 16.8. The lowest BCUT2D eigenvalue weighted by Gasteiger charge is -2.17. The topological polar surface area (TPSA) is 63.1 Å². The number of hydrogen-bond acceptors (Lipinski definition) is 3. The number of carbonyl (C=O) groups excluding carboxylic acids is 1. The number of amides is 2. The number of nitrogens with zero attached hydrogens (tertiary/aromatic N) is 4. The predicted molar refractivity (Wildman–Crippen MR) is 92.6 cm³/mol. The molecule has 128 valence electrons. The highest BCUT2D eigenvalue weighted by Gasteiger charge is 2.27. The van der Waals surface area contributed by atoms with Gasteiger partial charge >= 0.3 is 6.03 Å². The molecule has 1 saturated heterocycles. The number of urea groups is 1. The molecule has 0 spiro atoms. The molecular weight excluding hydrogens is 302 g/mol. The Kier molecular flexibility index (Phi) is 5.46. The molecular formula is C18H25N5O. The molecule has 1 aliphatic rings. The molecule has 1 unspecified atom stereocenters. The van der Waals surface area contributed by atoms with Gasteiger partial charge in [-0.25, -0.2) is 4.79 Å². The van der Waals surface area contributed by atoms with Crippen LogP contribution in [0.25, 0.3) is 0 Å². The Morgan fingerprint density at radius 1 is 1.33 bits per heavy atom. The van der Waals surface area contributed by atoms with Crippen molar-refractivity contribution in [2.75, 3.05) is 19.6 Å². The van der Waals surface area contributed by atoms with Crippen LogP contribution in [0.1, 0.15) is 24.7 Å². The summed E-state index contributed by atoms with van der Waals surface area (Å²) < 4.78 is 2.07. The number of likely N-dealkylation sites (tertiary alicyclic amines) is 1. The van der Waals surface area contributed by atoms with Crippen LogP contribution in [-0.4, -0.2) is 45.3 Å². The molecule has 2 amide bonds. The quantitative estimate of drug-likeness (QED) is 0.884. The standard InChI is InChI=1S/C18H25N5O/c1-2-22-14-20-21-17(22)12-16-9-11-23(13-16)18(24)19-10-8-15-6-4-3-5-7-15/h3-7,14,16H,2,8-13H2,1H3,(H,19,24). The van der Waals surface area contributed by atoms with Gasteiger partial charge in [0.15, 0.2) is 0 Å². The molecule has 2 heterocycles. The zero-order valence-electron chi connectivity index (χ0n) is 14.2.